The summed E-state index contributed by atoms with van der Waals surface area (Å²) >= 11 is 0. The highest BCUT2D eigenvalue weighted by molar-refractivity contribution is 5.99. The van der Waals surface area contributed by atoms with Gasteiger partial charge in [-0.2, -0.15) is 13.2 Å². The Morgan fingerprint density at radius 1 is 0.971 bits per heavy atom. The van der Waals surface area contributed by atoms with E-state index in [1.807, 2.05) is 0 Å². The Labute approximate surface area is 192 Å². The predicted molar refractivity (Wildman–Crippen MR) is 118 cm³/mol. The molecule has 0 aliphatic heterocycles. The molecule has 2 aromatic carbocycles. The summed E-state index contributed by atoms with van der Waals surface area (Å²) in [6.07, 6.45) is -4.38. The second kappa shape index (κ2) is 9.46. The van der Waals surface area contributed by atoms with Crippen LogP contribution in [0.2, 0.25) is 0 Å². The third kappa shape index (κ3) is 5.48. The first-order chi connectivity index (χ1) is 16.2. The van der Waals surface area contributed by atoms with E-state index in [0.29, 0.717) is 34.1 Å². The summed E-state index contributed by atoms with van der Waals surface area (Å²) in [6.45, 7) is 3.29. The molecule has 0 aliphatic carbocycles. The Balaban J connectivity index is 1.37. The van der Waals surface area contributed by atoms with Gasteiger partial charge in [0.05, 0.1) is 5.56 Å². The lowest BCUT2D eigenvalue weighted by molar-refractivity contribution is -0.137. The lowest BCUT2D eigenvalue weighted by Gasteiger charge is -2.07. The van der Waals surface area contributed by atoms with Gasteiger partial charge < -0.3 is 18.4 Å². The van der Waals surface area contributed by atoms with Crippen molar-refractivity contribution in [3.8, 4) is 5.75 Å². The number of carbonyl (C=O) groups is 1. The van der Waals surface area contributed by atoms with E-state index in [4.69, 9.17) is 18.4 Å². The Morgan fingerprint density at radius 2 is 1.74 bits per heavy atom. The topological polar surface area (TPSA) is 74.2 Å². The van der Waals surface area contributed by atoms with Gasteiger partial charge in [-0.1, -0.05) is 17.3 Å². The number of ketones is 1. The Bertz CT molecular complexity index is 1330. The van der Waals surface area contributed by atoms with Crippen LogP contribution >= 0.6 is 0 Å². The monoisotopic (exact) mass is 471 g/mol. The number of ether oxygens (including phenoxy) is 1. The number of alkyl halides is 3. The van der Waals surface area contributed by atoms with Crippen LogP contribution in [-0.4, -0.2) is 18.1 Å². The molecule has 2 aromatic heterocycles. The summed E-state index contributed by atoms with van der Waals surface area (Å²) in [5.74, 6) is 1.57. The van der Waals surface area contributed by atoms with Crippen LogP contribution in [0.15, 0.2) is 74.7 Å². The van der Waals surface area contributed by atoms with E-state index in [1.165, 1.54) is 12.1 Å². The molecule has 0 fully saturated rings. The highest BCUT2D eigenvalue weighted by Gasteiger charge is 2.29. The number of fused-ring (bicyclic) bond motifs is 1. The summed E-state index contributed by atoms with van der Waals surface area (Å²) in [4.78, 5) is 17.4. The van der Waals surface area contributed by atoms with Crippen molar-refractivity contribution in [2.45, 2.75) is 26.6 Å². The van der Waals surface area contributed by atoms with E-state index in [-0.39, 0.29) is 24.8 Å². The highest BCUT2D eigenvalue weighted by Crippen LogP contribution is 2.29. The molecule has 0 atom stereocenters. The Kier molecular flexibility index (Phi) is 6.45. The highest BCUT2D eigenvalue weighted by atomic mass is 19.4. The second-order valence-corrected chi connectivity index (χ2v) is 7.58. The number of rotatable bonds is 8. The standard InChI is InChI=1S/C25H20F3NO5/c1-15-3-9-23(33-15)21(30)14-31-20-8-10-22-18(11-20)12-24(34-22)16(2)29-32-13-17-4-6-19(7-5-17)25(26,27)28/h3-12H,13-14H2,1-2H3. The van der Waals surface area contributed by atoms with Crippen molar-refractivity contribution in [1.82, 2.24) is 0 Å². The molecule has 176 valence electrons. The van der Waals surface area contributed by atoms with E-state index in [0.717, 1.165) is 17.5 Å². The molecule has 0 saturated carbocycles. The summed E-state index contributed by atoms with van der Waals surface area (Å²) in [5, 5.41) is 4.73. The molecule has 0 N–H and O–H groups in total. The average molecular weight is 471 g/mol. The van der Waals surface area contributed by atoms with E-state index < -0.39 is 11.7 Å². The zero-order chi connectivity index (χ0) is 24.3. The van der Waals surface area contributed by atoms with Crippen molar-refractivity contribution in [2.75, 3.05) is 6.61 Å². The fourth-order valence-electron chi connectivity index (χ4n) is 3.13. The van der Waals surface area contributed by atoms with Gasteiger partial charge in [-0.25, -0.2) is 0 Å². The first-order valence-corrected chi connectivity index (χ1v) is 10.3. The Morgan fingerprint density at radius 3 is 2.41 bits per heavy atom. The van der Waals surface area contributed by atoms with Crippen molar-refractivity contribution in [3.63, 3.8) is 0 Å². The van der Waals surface area contributed by atoms with Crippen LogP contribution in [0.3, 0.4) is 0 Å². The van der Waals surface area contributed by atoms with Crippen molar-refractivity contribution in [1.29, 1.82) is 0 Å². The van der Waals surface area contributed by atoms with E-state index in [9.17, 15) is 18.0 Å². The van der Waals surface area contributed by atoms with Crippen LogP contribution in [0.5, 0.6) is 5.75 Å². The van der Waals surface area contributed by atoms with Crippen molar-refractivity contribution < 1.29 is 36.4 Å². The van der Waals surface area contributed by atoms with Gasteiger partial charge in [0.15, 0.2) is 18.1 Å². The Hall–Kier alpha value is -4.01. The molecule has 0 aliphatic rings. The molecule has 4 aromatic rings. The minimum absolute atomic E-state index is 0.0108. The van der Waals surface area contributed by atoms with Gasteiger partial charge in [0, 0.05) is 5.39 Å². The summed E-state index contributed by atoms with van der Waals surface area (Å²) in [7, 11) is 0. The smallest absolute Gasteiger partial charge is 0.416 e. The molecular weight excluding hydrogens is 451 g/mol. The first kappa shape index (κ1) is 23.2. The number of halogens is 3. The van der Waals surface area contributed by atoms with Gasteiger partial charge in [0.25, 0.3) is 0 Å². The fraction of sp³-hybridized carbons (Fsp3) is 0.200. The molecule has 0 spiro atoms. The first-order valence-electron chi connectivity index (χ1n) is 10.3. The summed E-state index contributed by atoms with van der Waals surface area (Å²) in [6, 6.07) is 14.9. The molecule has 0 bridgehead atoms. The maximum absolute atomic E-state index is 12.6. The van der Waals surface area contributed by atoms with E-state index >= 15 is 0 Å². The SMILES string of the molecule is CC(=NOCc1ccc(C(F)(F)F)cc1)c1cc2cc(OCC(=O)c3ccc(C)o3)ccc2o1. The molecular formula is C25H20F3NO5. The average Bonchev–Trinajstić information content (AvgIpc) is 3.43. The number of oxime groups is 1. The molecule has 4 rings (SSSR count). The van der Waals surface area contributed by atoms with Gasteiger partial charge in [0.2, 0.25) is 5.78 Å². The van der Waals surface area contributed by atoms with Gasteiger partial charge in [-0.3, -0.25) is 4.79 Å². The largest absolute Gasteiger partial charge is 0.485 e. The molecule has 9 heteroatoms. The number of benzene rings is 2. The number of furan rings is 2. The van der Waals surface area contributed by atoms with Crippen LogP contribution < -0.4 is 4.74 Å². The molecule has 6 nitrogen and oxygen atoms in total. The minimum Gasteiger partial charge on any atom is -0.485 e. The zero-order valence-corrected chi connectivity index (χ0v) is 18.3. The summed E-state index contributed by atoms with van der Waals surface area (Å²) in [5.41, 5.74) is 0.874. The lowest BCUT2D eigenvalue weighted by Crippen LogP contribution is -2.10. The van der Waals surface area contributed by atoms with Crippen LogP contribution in [0.25, 0.3) is 11.0 Å². The second-order valence-electron chi connectivity index (χ2n) is 7.58. The molecule has 2 heterocycles. The number of nitrogens with zero attached hydrogens (tertiary/aromatic N) is 1. The molecule has 34 heavy (non-hydrogen) atoms. The number of Topliss-reactive ketones (excluding diaryl/α,β-unsaturated/α-hetero) is 1. The van der Waals surface area contributed by atoms with Gasteiger partial charge in [-0.15, -0.1) is 0 Å². The predicted octanol–water partition coefficient (Wildman–Crippen LogP) is 6.56. The third-order valence-electron chi connectivity index (χ3n) is 4.94. The van der Waals surface area contributed by atoms with Gasteiger partial charge >= 0.3 is 6.18 Å². The van der Waals surface area contributed by atoms with Crippen LogP contribution in [-0.2, 0) is 17.6 Å². The van der Waals surface area contributed by atoms with Gasteiger partial charge in [-0.05, 0) is 67.9 Å². The number of carbonyl (C=O) groups excluding carboxylic acids is 1. The molecule has 0 saturated heterocycles. The van der Waals surface area contributed by atoms with Crippen LogP contribution in [0.1, 0.15) is 40.1 Å². The minimum atomic E-state index is -4.38. The van der Waals surface area contributed by atoms with Crippen molar-refractivity contribution >= 4 is 22.5 Å². The number of hydrogen-bond donors (Lipinski definition) is 0. The maximum atomic E-state index is 12.6. The lowest BCUT2D eigenvalue weighted by atomic mass is 10.1. The van der Waals surface area contributed by atoms with Crippen molar-refractivity contribution in [3.05, 3.63) is 89.1 Å². The number of aryl methyl sites for hydroxylation is 1. The van der Waals surface area contributed by atoms with Crippen molar-refractivity contribution in [2.24, 2.45) is 5.16 Å². The summed E-state index contributed by atoms with van der Waals surface area (Å²) < 4.78 is 54.6. The quantitative estimate of drug-likeness (QED) is 0.165. The number of hydrogen-bond acceptors (Lipinski definition) is 6. The molecule has 0 unspecified atom stereocenters. The van der Waals surface area contributed by atoms with Crippen LogP contribution in [0.4, 0.5) is 13.2 Å². The van der Waals surface area contributed by atoms with Gasteiger partial charge in [0.1, 0.15) is 29.4 Å². The third-order valence-corrected chi connectivity index (χ3v) is 4.94. The zero-order valence-electron chi connectivity index (χ0n) is 18.3. The van der Waals surface area contributed by atoms with E-state index in [1.54, 1.807) is 50.2 Å². The maximum Gasteiger partial charge on any atom is 0.416 e. The molecule has 0 amide bonds. The van der Waals surface area contributed by atoms with E-state index in [2.05, 4.69) is 5.16 Å². The fourth-order valence-corrected chi connectivity index (χ4v) is 3.13. The molecule has 0 radical (unpaired) electrons. The normalized spacial score (nSPS) is 12.2. The van der Waals surface area contributed by atoms with Crippen LogP contribution in [0, 0.1) is 6.92 Å².